The molecular formula is C13H20O2. The van der Waals surface area contributed by atoms with E-state index in [-0.39, 0.29) is 11.5 Å². The second-order valence-electron chi connectivity index (χ2n) is 3.15. The van der Waals surface area contributed by atoms with Crippen LogP contribution >= 0.6 is 0 Å². The molecular weight excluding hydrogens is 188 g/mol. The highest BCUT2D eigenvalue weighted by atomic mass is 16.3. The van der Waals surface area contributed by atoms with Crippen LogP contribution in [0.5, 0.6) is 5.75 Å². The molecule has 84 valence electrons. The summed E-state index contributed by atoms with van der Waals surface area (Å²) in [6.45, 7) is 9.38. The van der Waals surface area contributed by atoms with E-state index in [4.69, 9.17) is 0 Å². The number of hydrogen-bond acceptors (Lipinski definition) is 2. The second-order valence-corrected chi connectivity index (χ2v) is 3.15. The summed E-state index contributed by atoms with van der Waals surface area (Å²) >= 11 is 0. The highest BCUT2D eigenvalue weighted by Crippen LogP contribution is 2.24. The smallest absolute Gasteiger partial charge is 0.160 e. The first-order chi connectivity index (χ1) is 7.07. The largest absolute Gasteiger partial charge is 0.508 e. The van der Waals surface area contributed by atoms with Crippen LogP contribution in [0.4, 0.5) is 0 Å². The van der Waals surface area contributed by atoms with Gasteiger partial charge in [-0.1, -0.05) is 20.8 Å². The first-order valence-electron chi connectivity index (χ1n) is 5.40. The Morgan fingerprint density at radius 2 is 1.87 bits per heavy atom. The minimum absolute atomic E-state index is 0.0483. The lowest BCUT2D eigenvalue weighted by Gasteiger charge is -2.09. The summed E-state index contributed by atoms with van der Waals surface area (Å²) in [4.78, 5) is 11.2. The minimum atomic E-state index is 0.0483. The van der Waals surface area contributed by atoms with Crippen LogP contribution in [0.2, 0.25) is 0 Å². The van der Waals surface area contributed by atoms with Crippen LogP contribution in [0, 0.1) is 6.92 Å². The lowest BCUT2D eigenvalue weighted by molar-refractivity contribution is 0.101. The van der Waals surface area contributed by atoms with E-state index < -0.39 is 0 Å². The Balaban J connectivity index is 0.000000921. The van der Waals surface area contributed by atoms with Crippen molar-refractivity contribution < 1.29 is 9.90 Å². The quantitative estimate of drug-likeness (QED) is 0.755. The van der Waals surface area contributed by atoms with Crippen molar-refractivity contribution in [3.8, 4) is 5.75 Å². The Bertz CT molecular complexity index is 341. The highest BCUT2D eigenvalue weighted by molar-refractivity contribution is 5.96. The number of Topliss-reactive ketones (excluding diaryl/α,β-unsaturated/α-hetero) is 1. The van der Waals surface area contributed by atoms with Gasteiger partial charge >= 0.3 is 0 Å². The van der Waals surface area contributed by atoms with Crippen molar-refractivity contribution >= 4 is 5.78 Å². The molecule has 0 saturated heterocycles. The number of rotatable bonds is 2. The van der Waals surface area contributed by atoms with Crippen molar-refractivity contribution in [2.75, 3.05) is 0 Å². The van der Waals surface area contributed by atoms with Crippen molar-refractivity contribution in [3.05, 3.63) is 28.8 Å². The number of carbonyl (C=O) groups is 1. The fourth-order valence-corrected chi connectivity index (χ4v) is 1.57. The number of benzene rings is 1. The maximum atomic E-state index is 11.2. The summed E-state index contributed by atoms with van der Waals surface area (Å²) in [7, 11) is 0. The second kappa shape index (κ2) is 6.23. The van der Waals surface area contributed by atoms with Gasteiger partial charge in [-0.25, -0.2) is 0 Å². The van der Waals surface area contributed by atoms with Gasteiger partial charge in [0.1, 0.15) is 5.75 Å². The molecule has 15 heavy (non-hydrogen) atoms. The number of phenolic OH excluding ortho intramolecular Hbond substituents is 1. The molecule has 0 aliphatic carbocycles. The van der Waals surface area contributed by atoms with Crippen molar-refractivity contribution in [2.24, 2.45) is 0 Å². The van der Waals surface area contributed by atoms with Crippen molar-refractivity contribution in [1.29, 1.82) is 0 Å². The molecule has 2 heteroatoms. The van der Waals surface area contributed by atoms with Crippen LogP contribution < -0.4 is 0 Å². The third-order valence-electron chi connectivity index (χ3n) is 2.31. The number of ketones is 1. The zero-order valence-electron chi connectivity index (χ0n) is 10.2. The number of aromatic hydroxyl groups is 1. The number of hydrogen-bond donors (Lipinski definition) is 1. The number of carbonyl (C=O) groups excluding carboxylic acids is 1. The third kappa shape index (κ3) is 3.08. The first kappa shape index (κ1) is 13.7. The molecule has 0 radical (unpaired) electrons. The molecule has 0 aliphatic rings. The standard InChI is InChI=1S/C11H14O2.C2H6/c1-4-9-7(2)10(8(3)12)5-6-11(9)13;1-2/h5-6,13H,4H2,1-3H3;1-2H3. The van der Waals surface area contributed by atoms with E-state index in [9.17, 15) is 9.90 Å². The molecule has 0 spiro atoms. The summed E-state index contributed by atoms with van der Waals surface area (Å²) in [6, 6.07) is 3.26. The average molecular weight is 208 g/mol. The van der Waals surface area contributed by atoms with Gasteiger partial charge in [-0.2, -0.15) is 0 Å². The topological polar surface area (TPSA) is 37.3 Å². The van der Waals surface area contributed by atoms with Gasteiger partial charge in [0.2, 0.25) is 0 Å². The molecule has 0 amide bonds. The molecule has 2 nitrogen and oxygen atoms in total. The van der Waals surface area contributed by atoms with E-state index in [1.165, 1.54) is 0 Å². The molecule has 0 unspecified atom stereocenters. The summed E-state index contributed by atoms with van der Waals surface area (Å²) in [5.74, 6) is 0.331. The van der Waals surface area contributed by atoms with Crippen LogP contribution in [0.15, 0.2) is 12.1 Å². The van der Waals surface area contributed by atoms with Gasteiger partial charge in [-0.15, -0.1) is 0 Å². The van der Waals surface area contributed by atoms with Crippen LogP contribution in [-0.2, 0) is 6.42 Å². The maximum Gasteiger partial charge on any atom is 0.160 e. The summed E-state index contributed by atoms with van der Waals surface area (Å²) in [5.41, 5.74) is 2.47. The minimum Gasteiger partial charge on any atom is -0.508 e. The lowest BCUT2D eigenvalue weighted by atomic mass is 9.97. The molecule has 0 atom stereocenters. The summed E-state index contributed by atoms with van der Waals surface area (Å²) in [5, 5.41) is 9.49. The van der Waals surface area contributed by atoms with Crippen LogP contribution in [-0.4, -0.2) is 10.9 Å². The molecule has 1 rings (SSSR count). The van der Waals surface area contributed by atoms with Gasteiger partial charge in [0.25, 0.3) is 0 Å². The Labute approximate surface area is 91.9 Å². The fourth-order valence-electron chi connectivity index (χ4n) is 1.57. The average Bonchev–Trinajstić information content (AvgIpc) is 2.21. The molecule has 0 fully saturated rings. The molecule has 0 aliphatic heterocycles. The normalized spacial score (nSPS) is 9.13. The van der Waals surface area contributed by atoms with E-state index in [1.54, 1.807) is 19.1 Å². The first-order valence-corrected chi connectivity index (χ1v) is 5.40. The van der Waals surface area contributed by atoms with Crippen molar-refractivity contribution in [3.63, 3.8) is 0 Å². The lowest BCUT2D eigenvalue weighted by Crippen LogP contribution is -1.99. The predicted molar refractivity (Wildman–Crippen MR) is 63.6 cm³/mol. The van der Waals surface area contributed by atoms with Gasteiger partial charge in [0, 0.05) is 5.56 Å². The molecule has 1 N–H and O–H groups in total. The number of phenols is 1. The van der Waals surface area contributed by atoms with Gasteiger partial charge in [-0.3, -0.25) is 4.79 Å². The van der Waals surface area contributed by atoms with E-state index >= 15 is 0 Å². The van der Waals surface area contributed by atoms with Gasteiger partial charge < -0.3 is 5.11 Å². The molecule has 0 aromatic heterocycles. The van der Waals surface area contributed by atoms with Crippen LogP contribution in [0.1, 0.15) is 49.2 Å². The maximum absolute atomic E-state index is 11.2. The predicted octanol–water partition coefficient (Wildman–Crippen LogP) is 3.49. The van der Waals surface area contributed by atoms with E-state index in [2.05, 4.69) is 0 Å². The van der Waals surface area contributed by atoms with Gasteiger partial charge in [0.15, 0.2) is 5.78 Å². The third-order valence-corrected chi connectivity index (χ3v) is 2.31. The Hall–Kier alpha value is -1.31. The Morgan fingerprint density at radius 1 is 1.33 bits per heavy atom. The van der Waals surface area contributed by atoms with Gasteiger partial charge in [0.05, 0.1) is 0 Å². The zero-order valence-corrected chi connectivity index (χ0v) is 10.2. The highest BCUT2D eigenvalue weighted by Gasteiger charge is 2.09. The fraction of sp³-hybridized carbons (Fsp3) is 0.462. The zero-order chi connectivity index (χ0) is 12.0. The van der Waals surface area contributed by atoms with Crippen molar-refractivity contribution in [2.45, 2.75) is 41.0 Å². The summed E-state index contributed by atoms with van der Waals surface area (Å²) < 4.78 is 0. The van der Waals surface area contributed by atoms with Crippen LogP contribution in [0.3, 0.4) is 0 Å². The SMILES string of the molecule is CC.CCc1c(O)ccc(C(C)=O)c1C. The Morgan fingerprint density at radius 3 is 2.27 bits per heavy atom. The van der Waals surface area contributed by atoms with E-state index in [0.717, 1.165) is 17.5 Å². The molecule has 1 aromatic carbocycles. The van der Waals surface area contributed by atoms with E-state index in [0.29, 0.717) is 5.56 Å². The van der Waals surface area contributed by atoms with Gasteiger partial charge in [-0.05, 0) is 43.5 Å². The molecule has 0 saturated carbocycles. The molecule has 0 heterocycles. The molecule has 0 bridgehead atoms. The van der Waals surface area contributed by atoms with Crippen molar-refractivity contribution in [1.82, 2.24) is 0 Å². The Kier molecular flexibility index (Phi) is 5.68. The summed E-state index contributed by atoms with van der Waals surface area (Å²) in [6.07, 6.45) is 0.749. The monoisotopic (exact) mass is 208 g/mol. The van der Waals surface area contributed by atoms with E-state index in [1.807, 2.05) is 27.7 Å². The van der Waals surface area contributed by atoms with Crippen LogP contribution in [0.25, 0.3) is 0 Å². The molecule has 1 aromatic rings.